The Morgan fingerprint density at radius 3 is 1.25 bits per heavy atom. The number of halogens is 6. The molecule has 20 heavy (non-hydrogen) atoms. The van der Waals surface area contributed by atoms with Gasteiger partial charge in [-0.3, -0.25) is 9.48 Å². The first-order valence-corrected chi connectivity index (χ1v) is 7.90. The molecule has 0 aromatic carbocycles. The van der Waals surface area contributed by atoms with Gasteiger partial charge < -0.3 is 0 Å². The van der Waals surface area contributed by atoms with Crippen molar-refractivity contribution in [1.29, 1.82) is 0 Å². The van der Waals surface area contributed by atoms with E-state index >= 15 is 0 Å². The predicted molar refractivity (Wildman–Crippen MR) is 73.1 cm³/mol. The molecule has 0 saturated carbocycles. The third-order valence-electron chi connectivity index (χ3n) is 2.46. The van der Waals surface area contributed by atoms with Gasteiger partial charge in [-0.05, 0) is 41.5 Å². The van der Waals surface area contributed by atoms with Crippen molar-refractivity contribution in [2.24, 2.45) is 0 Å². The van der Waals surface area contributed by atoms with Crippen molar-refractivity contribution in [1.82, 2.24) is 4.90 Å². The summed E-state index contributed by atoms with van der Waals surface area (Å²) in [5.74, 6) is 0. The summed E-state index contributed by atoms with van der Waals surface area (Å²) in [4.78, 5) is 2.23. The Bertz CT molecular complexity index is 346. The van der Waals surface area contributed by atoms with Crippen molar-refractivity contribution in [2.45, 2.75) is 52.6 Å². The monoisotopic (exact) mass is 330 g/mol. The number of nitrogens with zero attached hydrogens (tertiary/aromatic N) is 2. The average Bonchev–Trinajstić information content (AvgIpc) is 1.93. The summed E-state index contributed by atoms with van der Waals surface area (Å²) >= 11 is 0. The maximum atomic E-state index is 9.87. The van der Waals surface area contributed by atoms with Crippen LogP contribution in [0.15, 0.2) is 0 Å². The summed E-state index contributed by atoms with van der Waals surface area (Å²) in [6, 6.07) is 0. The van der Waals surface area contributed by atoms with Gasteiger partial charge in [0, 0.05) is 0 Å². The van der Waals surface area contributed by atoms with Crippen molar-refractivity contribution in [2.75, 3.05) is 14.1 Å². The molecule has 0 aliphatic heterocycles. The van der Waals surface area contributed by atoms with E-state index in [1.165, 1.54) is 0 Å². The van der Waals surface area contributed by atoms with Crippen molar-refractivity contribution in [3.63, 3.8) is 0 Å². The van der Waals surface area contributed by atoms with Gasteiger partial charge in [0.25, 0.3) is 0 Å². The molecule has 0 aliphatic rings. The van der Waals surface area contributed by atoms with Crippen LogP contribution >= 0.6 is 7.81 Å². The van der Waals surface area contributed by atoms with Gasteiger partial charge in [-0.1, -0.05) is 0 Å². The molecule has 0 atom stereocenters. The van der Waals surface area contributed by atoms with E-state index < -0.39 is 7.81 Å². The Morgan fingerprint density at radius 1 is 0.850 bits per heavy atom. The third-order valence-corrected chi connectivity index (χ3v) is 2.46. The van der Waals surface area contributed by atoms with E-state index in [1.807, 2.05) is 0 Å². The van der Waals surface area contributed by atoms with E-state index in [1.54, 1.807) is 0 Å². The van der Waals surface area contributed by atoms with E-state index in [9.17, 15) is 25.2 Å². The minimum atomic E-state index is -10.7. The molecule has 0 aromatic heterocycles. The topological polar surface area (TPSA) is 6.25 Å². The molecular formula is C11H25F6N2P. The second-order valence-electron chi connectivity index (χ2n) is 6.64. The summed E-state index contributed by atoms with van der Waals surface area (Å²) in [6.45, 7) is 13.3. The van der Waals surface area contributed by atoms with Crippen molar-refractivity contribution < 1.29 is 29.8 Å². The normalized spacial score (nSPS) is 17.6. The third kappa shape index (κ3) is 19.8. The Kier molecular flexibility index (Phi) is 5.48. The zero-order chi connectivity index (χ0) is 17.3. The van der Waals surface area contributed by atoms with Gasteiger partial charge in [0.05, 0.1) is 25.2 Å². The fraction of sp³-hybridized carbons (Fsp3) is 0.909. The van der Waals surface area contributed by atoms with Gasteiger partial charge in [0.2, 0.25) is 6.34 Å². The molecule has 0 fully saturated rings. The zero-order valence-electron chi connectivity index (χ0n) is 13.2. The summed E-state index contributed by atoms with van der Waals surface area (Å²) < 4.78 is 61.4. The molecule has 126 valence electrons. The molecule has 9 heteroatoms. The Labute approximate surface area is 116 Å². The molecular weight excluding hydrogens is 305 g/mol. The fourth-order valence-corrected chi connectivity index (χ4v) is 0.606. The van der Waals surface area contributed by atoms with E-state index in [0.717, 1.165) is 0 Å². The SMILES string of the molecule is CN(C=[N+](C)C(C)(C)C)C(C)(C)C.F[P-](F)(F)(F)(F)F. The Hall–Kier alpha value is -0.520. The van der Waals surface area contributed by atoms with Crippen LogP contribution in [0.25, 0.3) is 0 Å². The van der Waals surface area contributed by atoms with E-state index in [2.05, 4.69) is 71.5 Å². The number of rotatable bonds is 1. The molecule has 0 amide bonds. The van der Waals surface area contributed by atoms with Crippen LogP contribution < -0.4 is 0 Å². The maximum absolute atomic E-state index is 10.7. The van der Waals surface area contributed by atoms with Crippen molar-refractivity contribution >= 4 is 14.1 Å². The predicted octanol–water partition coefficient (Wildman–Crippen LogP) is 5.57. The quantitative estimate of drug-likeness (QED) is 0.200. The van der Waals surface area contributed by atoms with Crippen LogP contribution in [-0.2, 0) is 0 Å². The van der Waals surface area contributed by atoms with Gasteiger partial charge in [0.1, 0.15) is 0 Å². The second kappa shape index (κ2) is 5.04. The fourth-order valence-electron chi connectivity index (χ4n) is 0.606. The molecule has 0 rings (SSSR count). The second-order valence-corrected chi connectivity index (χ2v) is 8.55. The van der Waals surface area contributed by atoms with Crippen LogP contribution in [0, 0.1) is 0 Å². The molecule has 0 spiro atoms. The molecule has 0 unspecified atom stereocenters. The minimum absolute atomic E-state index is 0.194. The Balaban J connectivity index is 0. The van der Waals surface area contributed by atoms with Crippen molar-refractivity contribution in [3.05, 3.63) is 0 Å². The number of hydrogen-bond acceptors (Lipinski definition) is 0. The van der Waals surface area contributed by atoms with Crippen LogP contribution in [-0.4, -0.2) is 41.0 Å². The molecule has 0 saturated heterocycles. The van der Waals surface area contributed by atoms with Gasteiger partial charge in [-0.2, -0.15) is 0 Å². The number of hydrogen-bond donors (Lipinski definition) is 0. The van der Waals surface area contributed by atoms with Gasteiger partial charge in [-0.25, -0.2) is 0 Å². The zero-order valence-corrected chi connectivity index (χ0v) is 14.1. The molecule has 0 aliphatic carbocycles. The van der Waals surface area contributed by atoms with Gasteiger partial charge >= 0.3 is 33.0 Å². The van der Waals surface area contributed by atoms with Gasteiger partial charge in [-0.15, -0.1) is 0 Å². The van der Waals surface area contributed by atoms with Crippen LogP contribution in [0.1, 0.15) is 41.5 Å². The van der Waals surface area contributed by atoms with E-state index in [4.69, 9.17) is 0 Å². The molecule has 0 N–H and O–H groups in total. The molecule has 2 nitrogen and oxygen atoms in total. The first kappa shape index (κ1) is 21.8. The standard InChI is InChI=1S/C11H25N2.F6P/c1-10(2,3)12(7)9-13(8)11(4,5)6;1-7(2,3,4,5)6/h9H,1-8H3;/q+1;-1. The van der Waals surface area contributed by atoms with Crippen molar-refractivity contribution in [3.8, 4) is 0 Å². The summed E-state index contributed by atoms with van der Waals surface area (Å²) in [5, 5.41) is 0. The van der Waals surface area contributed by atoms with Crippen LogP contribution in [0.5, 0.6) is 0 Å². The molecule has 0 radical (unpaired) electrons. The average molecular weight is 330 g/mol. The van der Waals surface area contributed by atoms with Gasteiger partial charge in [0.15, 0.2) is 0 Å². The molecule has 0 bridgehead atoms. The van der Waals surface area contributed by atoms with Crippen LogP contribution in [0.2, 0.25) is 0 Å². The Morgan fingerprint density at radius 2 is 1.10 bits per heavy atom. The summed E-state index contributed by atoms with van der Waals surface area (Å²) in [6.07, 6.45) is 2.17. The molecule has 0 heterocycles. The van der Waals surface area contributed by atoms with E-state index in [-0.39, 0.29) is 11.1 Å². The summed E-state index contributed by atoms with van der Waals surface area (Å²) in [7, 11) is -6.43. The van der Waals surface area contributed by atoms with Crippen LogP contribution in [0.3, 0.4) is 0 Å². The summed E-state index contributed by atoms with van der Waals surface area (Å²) in [5.41, 5.74) is 0.388. The van der Waals surface area contributed by atoms with Crippen LogP contribution in [0.4, 0.5) is 25.2 Å². The first-order valence-electron chi connectivity index (χ1n) is 5.87. The van der Waals surface area contributed by atoms with E-state index in [0.29, 0.717) is 0 Å². The molecule has 0 aromatic rings. The first-order chi connectivity index (χ1) is 8.00.